The molecule has 21 heavy (non-hydrogen) atoms. The highest BCUT2D eigenvalue weighted by atomic mass is 16.5. The molecule has 0 bridgehead atoms. The fourth-order valence-corrected chi connectivity index (χ4v) is 2.50. The molecule has 7 heteroatoms. The van der Waals surface area contributed by atoms with Crippen LogP contribution in [0.25, 0.3) is 0 Å². The minimum Gasteiger partial charge on any atom is -0.383 e. The van der Waals surface area contributed by atoms with E-state index < -0.39 is 0 Å². The molecule has 0 spiro atoms. The summed E-state index contributed by atoms with van der Waals surface area (Å²) in [5.41, 5.74) is 0. The van der Waals surface area contributed by atoms with Gasteiger partial charge in [-0.25, -0.2) is 0 Å². The normalized spacial score (nSPS) is 19.6. The molecule has 1 aliphatic heterocycles. The van der Waals surface area contributed by atoms with Crippen LogP contribution in [0.4, 0.5) is 0 Å². The van der Waals surface area contributed by atoms with Gasteiger partial charge < -0.3 is 20.7 Å². The largest absolute Gasteiger partial charge is 0.383 e. The Morgan fingerprint density at radius 1 is 1.38 bits per heavy atom. The summed E-state index contributed by atoms with van der Waals surface area (Å²) >= 11 is 0. The van der Waals surface area contributed by atoms with Gasteiger partial charge in [0.05, 0.1) is 13.2 Å². The van der Waals surface area contributed by atoms with Gasteiger partial charge in [-0.2, -0.15) is 0 Å². The van der Waals surface area contributed by atoms with Crippen molar-refractivity contribution in [1.82, 2.24) is 20.9 Å². The lowest BCUT2D eigenvalue weighted by molar-refractivity contribution is -0.120. The highest BCUT2D eigenvalue weighted by Crippen LogP contribution is 2.15. The first kappa shape index (κ1) is 17.7. The maximum atomic E-state index is 11.6. The molecule has 1 aliphatic rings. The first-order chi connectivity index (χ1) is 10.2. The first-order valence-electron chi connectivity index (χ1n) is 7.65. The zero-order valence-electron chi connectivity index (χ0n) is 13.4. The Kier molecular flexibility index (Phi) is 8.77. The van der Waals surface area contributed by atoms with E-state index in [0.717, 1.165) is 13.1 Å². The van der Waals surface area contributed by atoms with E-state index in [-0.39, 0.29) is 12.5 Å². The van der Waals surface area contributed by atoms with Crippen molar-refractivity contribution in [3.63, 3.8) is 0 Å². The fraction of sp³-hybridized carbons (Fsp3) is 0.857. The van der Waals surface area contributed by atoms with E-state index in [4.69, 9.17) is 4.74 Å². The molecule has 1 atom stereocenters. The van der Waals surface area contributed by atoms with E-state index in [1.165, 1.54) is 19.4 Å². The number of ether oxygens (including phenoxy) is 1. The molecular formula is C14H29N5O2. The number of nitrogens with one attached hydrogen (secondary N) is 3. The molecule has 0 aromatic carbocycles. The van der Waals surface area contributed by atoms with Crippen LogP contribution in [0, 0.1) is 0 Å². The molecule has 1 rings (SSSR count). The lowest BCUT2D eigenvalue weighted by Crippen LogP contribution is -2.47. The second-order valence-corrected chi connectivity index (χ2v) is 5.07. The van der Waals surface area contributed by atoms with Crippen molar-refractivity contribution in [3.05, 3.63) is 0 Å². The predicted octanol–water partition coefficient (Wildman–Crippen LogP) is -0.602. The lowest BCUT2D eigenvalue weighted by atomic mass is 10.2. The maximum absolute atomic E-state index is 11.6. The number of methoxy groups -OCH3 is 1. The van der Waals surface area contributed by atoms with E-state index in [1.807, 2.05) is 0 Å². The summed E-state index contributed by atoms with van der Waals surface area (Å²) in [6.45, 7) is 6.57. The Bertz CT molecular complexity index is 335. The van der Waals surface area contributed by atoms with Crippen LogP contribution in [0.3, 0.4) is 0 Å². The third-order valence-corrected chi connectivity index (χ3v) is 3.68. The summed E-state index contributed by atoms with van der Waals surface area (Å²) in [5.74, 6) is 0.603. The van der Waals surface area contributed by atoms with Crippen LogP contribution in [-0.2, 0) is 9.53 Å². The Labute approximate surface area is 127 Å². The molecule has 0 radical (unpaired) electrons. The second kappa shape index (κ2) is 10.4. The predicted molar refractivity (Wildman–Crippen MR) is 84.5 cm³/mol. The molecule has 122 valence electrons. The Morgan fingerprint density at radius 3 is 2.86 bits per heavy atom. The zero-order chi connectivity index (χ0) is 15.5. The quantitative estimate of drug-likeness (QED) is 0.317. The highest BCUT2D eigenvalue weighted by molar-refractivity contribution is 5.86. The molecule has 1 fully saturated rings. The van der Waals surface area contributed by atoms with Crippen molar-refractivity contribution in [3.8, 4) is 0 Å². The monoisotopic (exact) mass is 299 g/mol. The van der Waals surface area contributed by atoms with Crippen molar-refractivity contribution in [2.45, 2.75) is 25.8 Å². The van der Waals surface area contributed by atoms with Crippen LogP contribution in [-0.4, -0.2) is 76.3 Å². The molecule has 1 saturated heterocycles. The molecule has 1 amide bonds. The van der Waals surface area contributed by atoms with E-state index in [1.54, 1.807) is 14.2 Å². The third kappa shape index (κ3) is 6.77. The second-order valence-electron chi connectivity index (χ2n) is 5.07. The van der Waals surface area contributed by atoms with Gasteiger partial charge in [-0.15, -0.1) is 0 Å². The lowest BCUT2D eigenvalue weighted by Gasteiger charge is -2.23. The van der Waals surface area contributed by atoms with Gasteiger partial charge in [-0.1, -0.05) is 6.92 Å². The van der Waals surface area contributed by atoms with Crippen molar-refractivity contribution in [2.24, 2.45) is 4.99 Å². The van der Waals surface area contributed by atoms with Gasteiger partial charge in [-0.3, -0.25) is 14.7 Å². The SMILES string of the molecule is CCN1CCCC1CNC(=NC)NCC(=O)NCCOC. The van der Waals surface area contributed by atoms with Gasteiger partial charge >= 0.3 is 0 Å². The average Bonchev–Trinajstić information content (AvgIpc) is 2.95. The molecule has 1 unspecified atom stereocenters. The van der Waals surface area contributed by atoms with E-state index in [0.29, 0.717) is 25.2 Å². The molecule has 0 aromatic heterocycles. The molecular weight excluding hydrogens is 270 g/mol. The number of nitrogens with zero attached hydrogens (tertiary/aromatic N) is 2. The van der Waals surface area contributed by atoms with Crippen LogP contribution in [0.1, 0.15) is 19.8 Å². The first-order valence-corrected chi connectivity index (χ1v) is 7.65. The average molecular weight is 299 g/mol. The number of carbonyl (C=O) groups is 1. The number of hydrogen-bond donors (Lipinski definition) is 3. The van der Waals surface area contributed by atoms with Crippen LogP contribution >= 0.6 is 0 Å². The van der Waals surface area contributed by atoms with Crippen LogP contribution in [0.2, 0.25) is 0 Å². The van der Waals surface area contributed by atoms with Crippen molar-refractivity contribution in [2.75, 3.05) is 53.5 Å². The van der Waals surface area contributed by atoms with E-state index in [2.05, 4.69) is 32.8 Å². The minimum absolute atomic E-state index is 0.0638. The van der Waals surface area contributed by atoms with Crippen molar-refractivity contribution >= 4 is 11.9 Å². The van der Waals surface area contributed by atoms with Crippen molar-refractivity contribution < 1.29 is 9.53 Å². The minimum atomic E-state index is -0.0638. The summed E-state index contributed by atoms with van der Waals surface area (Å²) in [6.07, 6.45) is 2.48. The number of guanidine groups is 1. The van der Waals surface area contributed by atoms with Crippen LogP contribution in [0.15, 0.2) is 4.99 Å². The van der Waals surface area contributed by atoms with Gasteiger partial charge in [0.15, 0.2) is 5.96 Å². The molecule has 1 heterocycles. The van der Waals surface area contributed by atoms with Crippen molar-refractivity contribution in [1.29, 1.82) is 0 Å². The van der Waals surface area contributed by atoms with Gasteiger partial charge in [0, 0.05) is 33.3 Å². The van der Waals surface area contributed by atoms with Gasteiger partial charge in [0.2, 0.25) is 5.91 Å². The Morgan fingerprint density at radius 2 is 2.19 bits per heavy atom. The summed E-state index contributed by atoms with van der Waals surface area (Å²) in [5, 5.41) is 9.07. The van der Waals surface area contributed by atoms with Crippen LogP contribution < -0.4 is 16.0 Å². The number of amides is 1. The van der Waals surface area contributed by atoms with E-state index in [9.17, 15) is 4.79 Å². The van der Waals surface area contributed by atoms with Gasteiger partial charge in [-0.05, 0) is 25.9 Å². The zero-order valence-corrected chi connectivity index (χ0v) is 13.4. The third-order valence-electron chi connectivity index (χ3n) is 3.68. The molecule has 7 nitrogen and oxygen atoms in total. The van der Waals surface area contributed by atoms with E-state index >= 15 is 0 Å². The summed E-state index contributed by atoms with van der Waals surface area (Å²) < 4.78 is 4.88. The summed E-state index contributed by atoms with van der Waals surface area (Å²) in [6, 6.07) is 0.559. The number of aliphatic imine (C=N–C) groups is 1. The Balaban J connectivity index is 2.21. The topological polar surface area (TPSA) is 78.0 Å². The van der Waals surface area contributed by atoms with Gasteiger partial charge in [0.1, 0.15) is 0 Å². The standard InChI is InChI=1S/C14H29N5O2/c1-4-19-8-5-6-12(19)10-17-14(15-2)18-11-13(20)16-7-9-21-3/h12H,4-11H2,1-3H3,(H,16,20)(H2,15,17,18). The molecule has 3 N–H and O–H groups in total. The fourth-order valence-electron chi connectivity index (χ4n) is 2.50. The maximum Gasteiger partial charge on any atom is 0.239 e. The smallest absolute Gasteiger partial charge is 0.239 e. The summed E-state index contributed by atoms with van der Waals surface area (Å²) in [4.78, 5) is 18.2. The highest BCUT2D eigenvalue weighted by Gasteiger charge is 2.22. The number of likely N-dealkylation sites (N-methyl/N-ethyl adjacent to an activating group) is 1. The van der Waals surface area contributed by atoms with Crippen LogP contribution in [0.5, 0.6) is 0 Å². The summed E-state index contributed by atoms with van der Waals surface area (Å²) in [7, 11) is 3.32. The number of rotatable bonds is 8. The van der Waals surface area contributed by atoms with Gasteiger partial charge in [0.25, 0.3) is 0 Å². The number of likely N-dealkylation sites (tertiary alicyclic amines) is 1. The molecule has 0 aromatic rings. The molecule has 0 saturated carbocycles. The number of carbonyl (C=O) groups excluding carboxylic acids is 1. The Hall–Kier alpha value is -1.34. The molecule has 0 aliphatic carbocycles. The number of hydrogen-bond acceptors (Lipinski definition) is 4.